The van der Waals surface area contributed by atoms with Gasteiger partial charge in [0.25, 0.3) is 15.0 Å². The highest BCUT2D eigenvalue weighted by Gasteiger charge is 2.31. The average molecular weight is 348 g/mol. The van der Waals surface area contributed by atoms with Crippen LogP contribution in [0.5, 0.6) is 0 Å². The van der Waals surface area contributed by atoms with Gasteiger partial charge in [0, 0.05) is 16.7 Å². The fourth-order valence-electron chi connectivity index (χ4n) is 1.53. The third kappa shape index (κ3) is 5.50. The van der Waals surface area contributed by atoms with E-state index < -0.39 is 49.9 Å². The summed E-state index contributed by atoms with van der Waals surface area (Å²) in [7, 11) is 0.862. The van der Waals surface area contributed by atoms with Crippen LogP contribution in [0.2, 0.25) is 0 Å². The number of carbonyl (C=O) groups is 1. The molecule has 1 aromatic rings. The monoisotopic (exact) mass is 347 g/mol. The van der Waals surface area contributed by atoms with E-state index in [4.69, 9.17) is 10.7 Å². The predicted molar refractivity (Wildman–Crippen MR) is 67.0 cm³/mol. The molecule has 0 aliphatic rings. The first-order valence-corrected chi connectivity index (χ1v) is 7.83. The Bertz CT molecular complexity index is 645. The fourth-order valence-corrected chi connectivity index (χ4v) is 2.31. The van der Waals surface area contributed by atoms with Crippen LogP contribution < -0.4 is 5.32 Å². The van der Waals surface area contributed by atoms with Crippen molar-refractivity contribution in [2.75, 3.05) is 0 Å². The molecule has 1 unspecified atom stereocenters. The Morgan fingerprint density at radius 2 is 1.95 bits per heavy atom. The highest BCUT2D eigenvalue weighted by atomic mass is 35.7. The van der Waals surface area contributed by atoms with Crippen molar-refractivity contribution < 1.29 is 30.8 Å². The van der Waals surface area contributed by atoms with Crippen LogP contribution in [-0.4, -0.2) is 26.5 Å². The summed E-state index contributed by atoms with van der Waals surface area (Å²) >= 11 is 0. The second-order valence-corrected chi connectivity index (χ2v) is 6.84. The molecule has 1 atom stereocenters. The van der Waals surface area contributed by atoms with Gasteiger partial charge in [0.15, 0.2) is 0 Å². The maximum atomic E-state index is 13.5. The molecule has 0 saturated heterocycles. The summed E-state index contributed by atoms with van der Waals surface area (Å²) in [5, 5.41) is 1.94. The van der Waals surface area contributed by atoms with Gasteiger partial charge in [-0.05, 0) is 25.1 Å². The third-order valence-electron chi connectivity index (χ3n) is 2.38. The zero-order valence-corrected chi connectivity index (χ0v) is 12.1. The summed E-state index contributed by atoms with van der Waals surface area (Å²) in [6, 6.07) is 0.896. The largest absolute Gasteiger partial charge is 0.391 e. The molecular weight excluding hydrogens is 338 g/mol. The minimum Gasteiger partial charge on any atom is -0.349 e. The molecule has 0 saturated carbocycles. The van der Waals surface area contributed by atoms with Gasteiger partial charge in [-0.3, -0.25) is 4.79 Å². The van der Waals surface area contributed by atoms with E-state index in [9.17, 15) is 30.8 Å². The highest BCUT2D eigenvalue weighted by Crippen LogP contribution is 2.22. The van der Waals surface area contributed by atoms with Crippen molar-refractivity contribution in [2.24, 2.45) is 0 Å². The Hall–Kier alpha value is -1.35. The van der Waals surface area contributed by atoms with Crippen molar-refractivity contribution in [3.63, 3.8) is 0 Å². The second kappa shape index (κ2) is 6.18. The molecule has 0 heterocycles. The van der Waals surface area contributed by atoms with Crippen LogP contribution in [0.15, 0.2) is 23.1 Å². The normalized spacial score (nSPS) is 13.8. The lowest BCUT2D eigenvalue weighted by atomic mass is 10.1. The van der Waals surface area contributed by atoms with Gasteiger partial charge < -0.3 is 5.32 Å². The first-order chi connectivity index (χ1) is 9.40. The van der Waals surface area contributed by atoms with Gasteiger partial charge in [-0.1, -0.05) is 0 Å². The summed E-state index contributed by atoms with van der Waals surface area (Å²) in [5.41, 5.74) is -0.703. The Morgan fingerprint density at radius 1 is 1.38 bits per heavy atom. The number of alkyl halides is 3. The number of carbonyl (C=O) groups excluding carboxylic acids is 1. The molecular formula is C11H10ClF4NO3S. The van der Waals surface area contributed by atoms with E-state index >= 15 is 0 Å². The number of halogens is 5. The van der Waals surface area contributed by atoms with Crippen LogP contribution in [0.4, 0.5) is 17.6 Å². The summed E-state index contributed by atoms with van der Waals surface area (Å²) in [6.45, 7) is 1.09. The van der Waals surface area contributed by atoms with E-state index in [-0.39, 0.29) is 0 Å². The summed E-state index contributed by atoms with van der Waals surface area (Å²) < 4.78 is 72.1. The van der Waals surface area contributed by atoms with Crippen LogP contribution in [0.3, 0.4) is 0 Å². The Morgan fingerprint density at radius 3 is 2.43 bits per heavy atom. The van der Waals surface area contributed by atoms with Crippen molar-refractivity contribution in [1.82, 2.24) is 5.32 Å². The van der Waals surface area contributed by atoms with Crippen molar-refractivity contribution in [3.8, 4) is 0 Å². The van der Waals surface area contributed by atoms with E-state index in [1.807, 2.05) is 5.32 Å². The molecule has 21 heavy (non-hydrogen) atoms. The van der Waals surface area contributed by atoms with Crippen molar-refractivity contribution in [2.45, 2.75) is 30.5 Å². The number of amides is 1. The third-order valence-corrected chi connectivity index (χ3v) is 3.73. The molecule has 4 nitrogen and oxygen atoms in total. The molecule has 0 radical (unpaired) electrons. The van der Waals surface area contributed by atoms with Crippen LogP contribution in [0.1, 0.15) is 23.7 Å². The van der Waals surface area contributed by atoms with Crippen LogP contribution in [0, 0.1) is 5.82 Å². The maximum Gasteiger partial charge on any atom is 0.391 e. The summed E-state index contributed by atoms with van der Waals surface area (Å²) in [4.78, 5) is 11.2. The lowest BCUT2D eigenvalue weighted by Crippen LogP contribution is -2.36. The van der Waals surface area contributed by atoms with Crippen LogP contribution in [0.25, 0.3) is 0 Å². The predicted octanol–water partition coefficient (Wildman–Crippen LogP) is 2.82. The molecule has 0 aliphatic carbocycles. The van der Waals surface area contributed by atoms with Gasteiger partial charge in [-0.2, -0.15) is 13.2 Å². The van der Waals surface area contributed by atoms with Crippen molar-refractivity contribution in [1.29, 1.82) is 0 Å². The van der Waals surface area contributed by atoms with Gasteiger partial charge in [0.1, 0.15) is 5.82 Å². The molecule has 0 bridgehead atoms. The van der Waals surface area contributed by atoms with Crippen LogP contribution >= 0.6 is 10.7 Å². The maximum absolute atomic E-state index is 13.5. The minimum atomic E-state index is -4.49. The Kier molecular flexibility index (Phi) is 5.21. The number of benzene rings is 1. The Labute approximate surface area is 122 Å². The highest BCUT2D eigenvalue weighted by molar-refractivity contribution is 8.13. The number of hydrogen-bond acceptors (Lipinski definition) is 3. The topological polar surface area (TPSA) is 63.2 Å². The zero-order chi connectivity index (χ0) is 16.4. The number of rotatable bonds is 4. The standard InChI is InChI=1S/C11H10ClF4NO3S/c1-6(5-11(14,15)16)17-10(18)8-4-7(21(12,19)20)2-3-9(8)13/h2-4,6H,5H2,1H3,(H,17,18). The van der Waals surface area contributed by atoms with Crippen molar-refractivity contribution in [3.05, 3.63) is 29.6 Å². The molecule has 1 amide bonds. The zero-order valence-electron chi connectivity index (χ0n) is 10.5. The van der Waals surface area contributed by atoms with Gasteiger partial charge in [0.2, 0.25) is 0 Å². The van der Waals surface area contributed by atoms with E-state index in [0.29, 0.717) is 12.1 Å². The molecule has 0 spiro atoms. The minimum absolute atomic E-state index is 0.529. The lowest BCUT2D eigenvalue weighted by molar-refractivity contribution is -0.138. The smallest absolute Gasteiger partial charge is 0.349 e. The quantitative estimate of drug-likeness (QED) is 0.673. The molecule has 0 aliphatic heterocycles. The Balaban J connectivity index is 2.98. The molecule has 1 rings (SSSR count). The number of nitrogens with one attached hydrogen (secondary N) is 1. The van der Waals surface area contributed by atoms with E-state index in [1.165, 1.54) is 0 Å². The molecule has 1 aromatic carbocycles. The van der Waals surface area contributed by atoms with Crippen LogP contribution in [-0.2, 0) is 9.05 Å². The van der Waals surface area contributed by atoms with E-state index in [1.54, 1.807) is 0 Å². The fraction of sp³-hybridized carbons (Fsp3) is 0.364. The van der Waals surface area contributed by atoms with Crippen molar-refractivity contribution >= 4 is 25.6 Å². The van der Waals surface area contributed by atoms with Gasteiger partial charge >= 0.3 is 6.18 Å². The SMILES string of the molecule is CC(CC(F)(F)F)NC(=O)c1cc(S(=O)(=O)Cl)ccc1F. The molecule has 0 aromatic heterocycles. The summed E-state index contributed by atoms with van der Waals surface area (Å²) in [6.07, 6.45) is -5.79. The van der Waals surface area contributed by atoms with Gasteiger partial charge in [-0.15, -0.1) is 0 Å². The average Bonchev–Trinajstić information content (AvgIpc) is 2.24. The molecule has 1 N–H and O–H groups in total. The van der Waals surface area contributed by atoms with E-state index in [0.717, 1.165) is 13.0 Å². The molecule has 118 valence electrons. The van der Waals surface area contributed by atoms with Gasteiger partial charge in [-0.25, -0.2) is 12.8 Å². The second-order valence-electron chi connectivity index (χ2n) is 4.27. The first kappa shape index (κ1) is 17.7. The molecule has 10 heteroatoms. The first-order valence-electron chi connectivity index (χ1n) is 5.52. The van der Waals surface area contributed by atoms with E-state index in [2.05, 4.69) is 0 Å². The summed E-state index contributed by atoms with van der Waals surface area (Å²) in [5.74, 6) is -2.23. The lowest BCUT2D eigenvalue weighted by Gasteiger charge is -2.16. The number of hydrogen-bond donors (Lipinski definition) is 1. The van der Waals surface area contributed by atoms with Gasteiger partial charge in [0.05, 0.1) is 16.9 Å². The molecule has 0 fully saturated rings.